The molecule has 132 valence electrons. The van der Waals surface area contributed by atoms with Gasteiger partial charge in [0.05, 0.1) is 18.6 Å². The summed E-state index contributed by atoms with van der Waals surface area (Å²) in [6.07, 6.45) is -4.97. The van der Waals surface area contributed by atoms with Gasteiger partial charge in [0, 0.05) is 20.1 Å². The van der Waals surface area contributed by atoms with E-state index in [0.29, 0.717) is 5.56 Å². The van der Waals surface area contributed by atoms with E-state index in [1.807, 2.05) is 0 Å². The van der Waals surface area contributed by atoms with Gasteiger partial charge < -0.3 is 19.5 Å². The Balaban J connectivity index is 2.26. The Morgan fingerprint density at radius 3 is 2.46 bits per heavy atom. The lowest BCUT2D eigenvalue weighted by Crippen LogP contribution is -2.33. The first-order valence-electron chi connectivity index (χ1n) is 7.10. The maximum atomic E-state index is 12.2. The van der Waals surface area contributed by atoms with Crippen LogP contribution in [0, 0.1) is 5.92 Å². The fourth-order valence-electron chi connectivity index (χ4n) is 2.74. The molecule has 0 spiro atoms. The summed E-state index contributed by atoms with van der Waals surface area (Å²) in [5.41, 5.74) is 0.430. The summed E-state index contributed by atoms with van der Waals surface area (Å²) in [5.74, 6) is -2.85. The van der Waals surface area contributed by atoms with Crippen molar-refractivity contribution in [3.63, 3.8) is 0 Å². The number of carboxylic acids is 1. The summed E-state index contributed by atoms with van der Waals surface area (Å²) in [5, 5.41) is 9.33. The van der Waals surface area contributed by atoms with Crippen LogP contribution in [0.4, 0.5) is 13.2 Å². The summed E-state index contributed by atoms with van der Waals surface area (Å²) >= 11 is 0. The number of hydrogen-bond acceptors (Lipinski definition) is 4. The summed E-state index contributed by atoms with van der Waals surface area (Å²) in [7, 11) is 1.45. The van der Waals surface area contributed by atoms with Gasteiger partial charge in [0.15, 0.2) is 0 Å². The first-order valence-corrected chi connectivity index (χ1v) is 7.10. The maximum Gasteiger partial charge on any atom is 0.573 e. The van der Waals surface area contributed by atoms with Crippen molar-refractivity contribution in [1.82, 2.24) is 4.90 Å². The summed E-state index contributed by atoms with van der Waals surface area (Å²) < 4.78 is 45.3. The molecule has 1 fully saturated rings. The van der Waals surface area contributed by atoms with Crippen LogP contribution in [-0.2, 0) is 14.3 Å². The van der Waals surface area contributed by atoms with Crippen LogP contribution in [0.15, 0.2) is 24.3 Å². The number of amides is 1. The highest BCUT2D eigenvalue weighted by molar-refractivity contribution is 5.87. The molecular formula is C15H16F3NO5. The zero-order valence-corrected chi connectivity index (χ0v) is 12.7. The van der Waals surface area contributed by atoms with Gasteiger partial charge in [-0.3, -0.25) is 9.59 Å². The Morgan fingerprint density at radius 2 is 1.96 bits per heavy atom. The molecule has 1 aromatic carbocycles. The highest BCUT2D eigenvalue weighted by Crippen LogP contribution is 2.38. The van der Waals surface area contributed by atoms with E-state index in [-0.39, 0.29) is 25.5 Å². The Kier molecular flexibility index (Phi) is 5.33. The van der Waals surface area contributed by atoms with Crippen LogP contribution in [0.5, 0.6) is 5.75 Å². The molecule has 0 bridgehead atoms. The van der Waals surface area contributed by atoms with Crippen molar-refractivity contribution in [3.8, 4) is 5.75 Å². The van der Waals surface area contributed by atoms with Crippen molar-refractivity contribution < 1.29 is 37.3 Å². The molecule has 1 aromatic rings. The van der Waals surface area contributed by atoms with Gasteiger partial charge in [0.2, 0.25) is 5.91 Å². The van der Waals surface area contributed by atoms with E-state index in [2.05, 4.69) is 4.74 Å². The predicted molar refractivity (Wildman–Crippen MR) is 75.2 cm³/mol. The largest absolute Gasteiger partial charge is 0.573 e. The van der Waals surface area contributed by atoms with Crippen LogP contribution in [-0.4, -0.2) is 48.5 Å². The Labute approximate surface area is 135 Å². The van der Waals surface area contributed by atoms with E-state index in [4.69, 9.17) is 4.74 Å². The van der Waals surface area contributed by atoms with Crippen molar-refractivity contribution in [2.75, 3.05) is 20.3 Å². The highest BCUT2D eigenvalue weighted by atomic mass is 19.4. The molecule has 0 unspecified atom stereocenters. The van der Waals surface area contributed by atoms with Crippen LogP contribution >= 0.6 is 0 Å². The molecule has 2 rings (SSSR count). The van der Waals surface area contributed by atoms with Crippen molar-refractivity contribution in [3.05, 3.63) is 29.8 Å². The minimum atomic E-state index is -4.81. The van der Waals surface area contributed by atoms with Gasteiger partial charge >= 0.3 is 12.3 Å². The molecule has 1 heterocycles. The van der Waals surface area contributed by atoms with E-state index >= 15 is 0 Å². The van der Waals surface area contributed by atoms with Gasteiger partial charge in [-0.05, 0) is 17.7 Å². The second-order valence-electron chi connectivity index (χ2n) is 5.29. The van der Waals surface area contributed by atoms with Gasteiger partial charge in [0.25, 0.3) is 0 Å². The predicted octanol–water partition coefficient (Wildman–Crippen LogP) is 2.21. The molecule has 1 amide bonds. The minimum absolute atomic E-state index is 0.162. The van der Waals surface area contributed by atoms with Crippen molar-refractivity contribution in [2.24, 2.45) is 5.92 Å². The molecule has 1 aliphatic heterocycles. The summed E-state index contributed by atoms with van der Waals surface area (Å²) in [6.45, 7) is 0.425. The van der Waals surface area contributed by atoms with Crippen LogP contribution < -0.4 is 4.74 Å². The Hall–Kier alpha value is -2.29. The molecule has 0 aliphatic carbocycles. The molecule has 6 nitrogen and oxygen atoms in total. The maximum absolute atomic E-state index is 12.2. The van der Waals surface area contributed by atoms with E-state index in [1.54, 1.807) is 0 Å². The molecule has 24 heavy (non-hydrogen) atoms. The average molecular weight is 347 g/mol. The van der Waals surface area contributed by atoms with E-state index < -0.39 is 30.0 Å². The zero-order valence-electron chi connectivity index (χ0n) is 12.7. The lowest BCUT2D eigenvalue weighted by molar-refractivity contribution is -0.274. The summed E-state index contributed by atoms with van der Waals surface area (Å²) in [4.78, 5) is 24.9. The topological polar surface area (TPSA) is 76.1 Å². The fourth-order valence-corrected chi connectivity index (χ4v) is 2.74. The molecule has 0 saturated carbocycles. The standard InChI is InChI=1S/C15H16F3NO5/c1-23-7-6-19-12(20)8-11(14(21)22)13(19)9-2-4-10(5-3-9)24-15(16,17)18/h2-5,11,13H,6-8H2,1H3,(H,21,22)/t11-,13-/m1/s1. The van der Waals surface area contributed by atoms with Crippen molar-refractivity contribution in [1.29, 1.82) is 0 Å². The lowest BCUT2D eigenvalue weighted by Gasteiger charge is -2.27. The molecule has 1 saturated heterocycles. The molecule has 0 radical (unpaired) electrons. The van der Waals surface area contributed by atoms with Gasteiger partial charge in [-0.1, -0.05) is 12.1 Å². The number of alkyl halides is 3. The van der Waals surface area contributed by atoms with Crippen molar-refractivity contribution >= 4 is 11.9 Å². The van der Waals surface area contributed by atoms with Gasteiger partial charge in [-0.25, -0.2) is 0 Å². The summed E-state index contributed by atoms with van der Waals surface area (Å²) in [6, 6.07) is 4.10. The van der Waals surface area contributed by atoms with E-state index in [0.717, 1.165) is 12.1 Å². The number of benzene rings is 1. The SMILES string of the molecule is COCCN1C(=O)C[C@@H](C(=O)O)[C@H]1c1ccc(OC(F)(F)F)cc1. The molecule has 9 heteroatoms. The third-order valence-electron chi connectivity index (χ3n) is 3.74. The smallest absolute Gasteiger partial charge is 0.481 e. The number of rotatable bonds is 6. The van der Waals surface area contributed by atoms with Crippen LogP contribution in [0.25, 0.3) is 0 Å². The third kappa shape index (κ3) is 4.16. The first-order chi connectivity index (χ1) is 11.2. The monoisotopic (exact) mass is 347 g/mol. The minimum Gasteiger partial charge on any atom is -0.481 e. The lowest BCUT2D eigenvalue weighted by atomic mass is 9.93. The molecule has 0 aromatic heterocycles. The third-order valence-corrected chi connectivity index (χ3v) is 3.74. The number of methoxy groups -OCH3 is 1. The quantitative estimate of drug-likeness (QED) is 0.854. The zero-order chi connectivity index (χ0) is 17.9. The second-order valence-corrected chi connectivity index (χ2v) is 5.29. The normalized spacial score (nSPS) is 21.2. The Bertz CT molecular complexity index is 602. The number of aliphatic carboxylic acids is 1. The average Bonchev–Trinajstić information content (AvgIpc) is 2.81. The van der Waals surface area contributed by atoms with Gasteiger partial charge in [-0.15, -0.1) is 13.2 Å². The number of carbonyl (C=O) groups excluding carboxylic acids is 1. The number of nitrogens with zero attached hydrogens (tertiary/aromatic N) is 1. The first kappa shape index (κ1) is 18.1. The fraction of sp³-hybridized carbons (Fsp3) is 0.467. The Morgan fingerprint density at radius 1 is 1.33 bits per heavy atom. The molecule has 1 aliphatic rings. The number of carbonyl (C=O) groups is 2. The van der Waals surface area contributed by atoms with Crippen molar-refractivity contribution in [2.45, 2.75) is 18.8 Å². The van der Waals surface area contributed by atoms with Gasteiger partial charge in [0.1, 0.15) is 5.75 Å². The number of likely N-dealkylation sites (tertiary alicyclic amines) is 1. The van der Waals surface area contributed by atoms with E-state index in [1.165, 1.54) is 24.1 Å². The number of halogens is 3. The van der Waals surface area contributed by atoms with Gasteiger partial charge in [-0.2, -0.15) is 0 Å². The number of ether oxygens (including phenoxy) is 2. The molecular weight excluding hydrogens is 331 g/mol. The highest BCUT2D eigenvalue weighted by Gasteiger charge is 2.44. The molecule has 2 atom stereocenters. The van der Waals surface area contributed by atoms with Crippen LogP contribution in [0.3, 0.4) is 0 Å². The van der Waals surface area contributed by atoms with E-state index in [9.17, 15) is 27.9 Å². The number of hydrogen-bond donors (Lipinski definition) is 1. The van der Waals surface area contributed by atoms with Crippen LogP contribution in [0.1, 0.15) is 18.0 Å². The number of carboxylic acid groups (broad SMARTS) is 1. The second kappa shape index (κ2) is 7.08. The molecule has 1 N–H and O–H groups in total. The van der Waals surface area contributed by atoms with Crippen LogP contribution in [0.2, 0.25) is 0 Å².